The third-order valence-electron chi connectivity index (χ3n) is 4.79. The molecule has 4 unspecified atom stereocenters. The number of hydrogen-bond donors (Lipinski definition) is 3. The number of hydrogen-bond acceptors (Lipinski definition) is 8. The minimum absolute atomic E-state index is 0.0498. The number of aliphatic hydroxyl groups excluding tert-OH is 3. The first kappa shape index (κ1) is 19.9. The molecule has 1 aliphatic rings. The molecule has 1 aromatic carbocycles. The average Bonchev–Trinajstić information content (AvgIpc) is 3.28. The summed E-state index contributed by atoms with van der Waals surface area (Å²) in [5.41, 5.74) is 1.60. The number of benzene rings is 1. The van der Waals surface area contributed by atoms with Crippen molar-refractivity contribution in [2.24, 2.45) is 0 Å². The summed E-state index contributed by atoms with van der Waals surface area (Å²) < 4.78 is 8.07. The van der Waals surface area contributed by atoms with Crippen LogP contribution in [0.4, 0.5) is 5.69 Å². The second kappa shape index (κ2) is 8.15. The van der Waals surface area contributed by atoms with Crippen LogP contribution in [0.2, 0.25) is 0 Å². The van der Waals surface area contributed by atoms with Gasteiger partial charge in [-0.2, -0.15) is 0 Å². The van der Waals surface area contributed by atoms with E-state index in [2.05, 4.69) is 9.97 Å². The quantitative estimate of drug-likeness (QED) is 0.251. The van der Waals surface area contributed by atoms with Crippen molar-refractivity contribution in [1.82, 2.24) is 14.5 Å². The van der Waals surface area contributed by atoms with E-state index in [0.717, 1.165) is 15.5 Å². The Hall–Kier alpha value is -2.40. The van der Waals surface area contributed by atoms with Gasteiger partial charge in [0.1, 0.15) is 0 Å². The zero-order chi connectivity index (χ0) is 20.5. The van der Waals surface area contributed by atoms with E-state index in [9.17, 15) is 25.4 Å². The zero-order valence-corrected chi connectivity index (χ0v) is 16.7. The molecule has 1 fully saturated rings. The van der Waals surface area contributed by atoms with E-state index in [1.54, 1.807) is 22.9 Å². The Morgan fingerprint density at radius 3 is 2.59 bits per heavy atom. The topological polar surface area (TPSA) is 144 Å². The van der Waals surface area contributed by atoms with Gasteiger partial charge in [0.2, 0.25) is 0 Å². The Morgan fingerprint density at radius 2 is 1.93 bits per heavy atom. The monoisotopic (exact) mass is 466 g/mol. The van der Waals surface area contributed by atoms with Gasteiger partial charge in [0.15, 0.2) is 0 Å². The Kier molecular flexibility index (Phi) is 5.59. The van der Waals surface area contributed by atoms with Crippen LogP contribution >= 0.6 is 0 Å². The number of fused-ring (bicyclic) bond motifs is 1. The molecule has 4 rings (SSSR count). The van der Waals surface area contributed by atoms with Crippen molar-refractivity contribution >= 4 is 36.3 Å². The van der Waals surface area contributed by atoms with Crippen molar-refractivity contribution < 1.29 is 25.0 Å². The fourth-order valence-corrected chi connectivity index (χ4v) is 5.20. The summed E-state index contributed by atoms with van der Waals surface area (Å²) in [5.74, 6) is 0. The molecule has 10 nitrogen and oxygen atoms in total. The normalized spacial score (nSPS) is 24.2. The first-order valence-electron chi connectivity index (χ1n) is 8.79. The standard InChI is InChI=1S/C18H18N4O6Se/c23-7-13-14(24)15(25)18(28-13)21-6-5-12-16(21)19-9-20-17(12)29-8-10-1-3-11(4-2-10)22(26)27/h1-6,9,13-15,18,23-25H,7-8H2. The van der Waals surface area contributed by atoms with Crippen LogP contribution in [0.1, 0.15) is 11.8 Å². The van der Waals surface area contributed by atoms with Crippen molar-refractivity contribution in [3.8, 4) is 0 Å². The van der Waals surface area contributed by atoms with E-state index in [1.807, 2.05) is 6.07 Å². The molecule has 0 saturated carbocycles. The van der Waals surface area contributed by atoms with E-state index >= 15 is 0 Å². The number of non-ortho nitro benzene ring substituents is 1. The molecule has 3 aromatic rings. The van der Waals surface area contributed by atoms with Gasteiger partial charge in [-0.25, -0.2) is 0 Å². The Bertz CT molecular complexity index is 1030. The number of rotatable bonds is 6. The number of nitro benzene ring substituents is 1. The number of aromatic nitrogens is 3. The number of ether oxygens (including phenoxy) is 1. The van der Waals surface area contributed by atoms with Crippen LogP contribution in [0.15, 0.2) is 42.9 Å². The third kappa shape index (κ3) is 3.76. The predicted octanol–water partition coefficient (Wildman–Crippen LogP) is -0.519. The Morgan fingerprint density at radius 1 is 1.17 bits per heavy atom. The van der Waals surface area contributed by atoms with Gasteiger partial charge < -0.3 is 0 Å². The van der Waals surface area contributed by atoms with E-state index in [4.69, 9.17) is 4.74 Å². The van der Waals surface area contributed by atoms with Gasteiger partial charge >= 0.3 is 171 Å². The molecule has 29 heavy (non-hydrogen) atoms. The molecule has 2 aromatic heterocycles. The Balaban J connectivity index is 1.55. The molecule has 1 saturated heterocycles. The fourth-order valence-electron chi connectivity index (χ4n) is 3.24. The molecule has 3 N–H and O–H groups in total. The second-order valence-electron chi connectivity index (χ2n) is 6.58. The average molecular weight is 465 g/mol. The van der Waals surface area contributed by atoms with E-state index < -0.39 is 36.1 Å². The fraction of sp³-hybridized carbons (Fsp3) is 0.333. The molecular formula is C18H18N4O6Se. The van der Waals surface area contributed by atoms with Gasteiger partial charge in [-0.15, -0.1) is 0 Å². The van der Waals surface area contributed by atoms with Crippen LogP contribution in [0.5, 0.6) is 0 Å². The number of nitro groups is 1. The van der Waals surface area contributed by atoms with Gasteiger partial charge in [0.05, 0.1) is 0 Å². The van der Waals surface area contributed by atoms with Crippen LogP contribution in [-0.2, 0) is 10.1 Å². The summed E-state index contributed by atoms with van der Waals surface area (Å²) in [5, 5.41) is 41.8. The second-order valence-corrected chi connectivity index (χ2v) is 8.60. The molecule has 0 bridgehead atoms. The van der Waals surface area contributed by atoms with Crippen LogP contribution in [0.3, 0.4) is 0 Å². The van der Waals surface area contributed by atoms with Crippen LogP contribution < -0.4 is 4.59 Å². The SMILES string of the molecule is O=[N+]([O-])c1ccc(C[Se]c2ncnc3c2ccn3C2OC(CO)C(O)C2O)cc1. The summed E-state index contributed by atoms with van der Waals surface area (Å²) >= 11 is -0.0498. The van der Waals surface area contributed by atoms with E-state index in [1.165, 1.54) is 18.5 Å². The molecule has 3 heterocycles. The van der Waals surface area contributed by atoms with Crippen LogP contribution in [0.25, 0.3) is 11.0 Å². The van der Waals surface area contributed by atoms with Gasteiger partial charge in [-0.3, -0.25) is 0 Å². The van der Waals surface area contributed by atoms with Crippen molar-refractivity contribution in [3.63, 3.8) is 0 Å². The summed E-state index contributed by atoms with van der Waals surface area (Å²) in [7, 11) is 0. The van der Waals surface area contributed by atoms with Crippen molar-refractivity contribution in [2.45, 2.75) is 29.9 Å². The maximum atomic E-state index is 10.8. The molecule has 152 valence electrons. The molecule has 1 aliphatic heterocycles. The molecule has 4 atom stereocenters. The molecule has 0 spiro atoms. The summed E-state index contributed by atoms with van der Waals surface area (Å²) in [6.45, 7) is -0.396. The molecule has 0 amide bonds. The van der Waals surface area contributed by atoms with Gasteiger partial charge in [-0.1, -0.05) is 0 Å². The van der Waals surface area contributed by atoms with Crippen molar-refractivity contribution in [2.75, 3.05) is 6.61 Å². The molecule has 0 aliphatic carbocycles. The number of nitrogens with zero attached hydrogens (tertiary/aromatic N) is 4. The molecule has 0 radical (unpaired) electrons. The summed E-state index contributed by atoms with van der Waals surface area (Å²) in [6.07, 6.45) is -0.940. The Labute approximate surface area is 171 Å². The van der Waals surface area contributed by atoms with E-state index in [0.29, 0.717) is 11.0 Å². The maximum absolute atomic E-state index is 10.8. The van der Waals surface area contributed by atoms with Gasteiger partial charge in [0, 0.05) is 0 Å². The molecule has 11 heteroatoms. The van der Waals surface area contributed by atoms with Crippen LogP contribution in [-0.4, -0.2) is 74.7 Å². The van der Waals surface area contributed by atoms with Gasteiger partial charge in [0.25, 0.3) is 0 Å². The predicted molar refractivity (Wildman–Crippen MR) is 103 cm³/mol. The van der Waals surface area contributed by atoms with Crippen molar-refractivity contribution in [1.29, 1.82) is 0 Å². The number of aliphatic hydroxyl groups is 3. The van der Waals surface area contributed by atoms with Crippen LogP contribution in [0, 0.1) is 10.1 Å². The summed E-state index contributed by atoms with van der Waals surface area (Å²) in [6, 6.07) is 8.28. The summed E-state index contributed by atoms with van der Waals surface area (Å²) in [4.78, 5) is 19.0. The van der Waals surface area contributed by atoms with Crippen molar-refractivity contribution in [3.05, 3.63) is 58.5 Å². The van der Waals surface area contributed by atoms with E-state index in [-0.39, 0.29) is 20.6 Å². The third-order valence-corrected chi connectivity index (χ3v) is 7.05. The molecular weight excluding hydrogens is 447 g/mol. The minimum atomic E-state index is -1.19. The van der Waals surface area contributed by atoms with Gasteiger partial charge in [-0.05, 0) is 0 Å². The first-order valence-corrected chi connectivity index (χ1v) is 10.9. The zero-order valence-electron chi connectivity index (χ0n) is 15.0. The first-order chi connectivity index (χ1) is 14.0.